The zero-order valence-electron chi connectivity index (χ0n) is 24.7. The van der Waals surface area contributed by atoms with E-state index in [1.165, 1.54) is 59.5 Å². The Morgan fingerprint density at radius 1 is 0.936 bits per heavy atom. The summed E-state index contributed by atoms with van der Waals surface area (Å²) in [6.45, 7) is 1.74. The van der Waals surface area contributed by atoms with Gasteiger partial charge in [-0.15, -0.1) is 23.1 Å². The molecule has 0 spiro atoms. The van der Waals surface area contributed by atoms with Gasteiger partial charge in [0.1, 0.15) is 11.5 Å². The van der Waals surface area contributed by atoms with Crippen molar-refractivity contribution in [2.75, 3.05) is 10.6 Å². The van der Waals surface area contributed by atoms with Gasteiger partial charge in [0.2, 0.25) is 5.91 Å². The number of nitro benzene ring substituents is 1. The summed E-state index contributed by atoms with van der Waals surface area (Å²) < 4.78 is 14.4. The van der Waals surface area contributed by atoms with E-state index in [2.05, 4.69) is 20.9 Å². The standard InChI is InChI=1S/C34H26FN5O5S2/c1-21(31(41)39-34-38-30(20-46-34)24-11-7-12-26(18-24)40(44)45)47-27-16-14-25(15-17-27)36-33(43)29(19-23-10-5-6-13-28(23)35)37-32(42)22-8-3-2-4-9-22/h2-21H,1H3,(H,36,43)(H,37,42)(H,38,39,41)/b29-19-. The highest BCUT2D eigenvalue weighted by molar-refractivity contribution is 8.00. The molecule has 1 unspecified atom stereocenters. The number of halogens is 1. The van der Waals surface area contributed by atoms with Crippen molar-refractivity contribution in [3.63, 3.8) is 0 Å². The number of thiazole rings is 1. The molecule has 1 atom stereocenters. The number of benzene rings is 4. The first-order valence-corrected chi connectivity index (χ1v) is 15.8. The maximum absolute atomic E-state index is 14.4. The summed E-state index contributed by atoms with van der Waals surface area (Å²) >= 11 is 2.50. The Kier molecular flexibility index (Phi) is 10.5. The fourth-order valence-corrected chi connectivity index (χ4v) is 5.80. The molecule has 13 heteroatoms. The molecule has 3 N–H and O–H groups in total. The summed E-state index contributed by atoms with van der Waals surface area (Å²) in [7, 11) is 0. The van der Waals surface area contributed by atoms with Crippen molar-refractivity contribution in [3.8, 4) is 11.3 Å². The maximum atomic E-state index is 14.4. The van der Waals surface area contributed by atoms with Crippen molar-refractivity contribution < 1.29 is 23.7 Å². The van der Waals surface area contributed by atoms with Crippen molar-refractivity contribution in [2.24, 2.45) is 0 Å². The van der Waals surface area contributed by atoms with Crippen molar-refractivity contribution in [1.29, 1.82) is 0 Å². The SMILES string of the molecule is CC(Sc1ccc(NC(=O)/C(=C/c2ccccc2F)NC(=O)c2ccccc2)cc1)C(=O)Nc1nc(-c2cccc([N+](=O)[O-])c2)cs1. The molecule has 236 valence electrons. The lowest BCUT2D eigenvalue weighted by molar-refractivity contribution is -0.384. The van der Waals surface area contributed by atoms with Gasteiger partial charge >= 0.3 is 0 Å². The number of rotatable bonds is 11. The third kappa shape index (κ3) is 8.75. The Balaban J connectivity index is 1.21. The van der Waals surface area contributed by atoms with Gasteiger partial charge in [0.15, 0.2) is 5.13 Å². The van der Waals surface area contributed by atoms with Crippen LogP contribution in [0.25, 0.3) is 17.3 Å². The molecule has 4 aromatic carbocycles. The molecule has 0 aliphatic rings. The second-order valence-corrected chi connectivity index (χ2v) is 12.2. The summed E-state index contributed by atoms with van der Waals surface area (Å²) in [5.74, 6) is -2.02. The molecule has 0 saturated heterocycles. The molecule has 0 bridgehead atoms. The first kappa shape index (κ1) is 32.7. The van der Waals surface area contributed by atoms with E-state index in [4.69, 9.17) is 0 Å². The van der Waals surface area contributed by atoms with Gasteiger partial charge in [-0.2, -0.15) is 0 Å². The Hall–Kier alpha value is -5.66. The second-order valence-electron chi connectivity index (χ2n) is 9.97. The van der Waals surface area contributed by atoms with Gasteiger partial charge in [0.05, 0.1) is 15.9 Å². The molecule has 0 aliphatic heterocycles. The van der Waals surface area contributed by atoms with Crippen molar-refractivity contribution >= 4 is 63.4 Å². The van der Waals surface area contributed by atoms with E-state index < -0.39 is 27.8 Å². The van der Waals surface area contributed by atoms with Gasteiger partial charge in [-0.25, -0.2) is 9.37 Å². The number of amides is 3. The van der Waals surface area contributed by atoms with E-state index in [0.717, 1.165) is 4.90 Å². The number of hydrogen-bond donors (Lipinski definition) is 3. The van der Waals surface area contributed by atoms with Crippen LogP contribution in [0.2, 0.25) is 0 Å². The number of nitrogens with zero attached hydrogens (tertiary/aromatic N) is 2. The molecule has 1 aromatic heterocycles. The van der Waals surface area contributed by atoms with Gasteiger partial charge in [0, 0.05) is 44.8 Å². The van der Waals surface area contributed by atoms with Crippen molar-refractivity contribution in [2.45, 2.75) is 17.1 Å². The number of nitrogens with one attached hydrogen (secondary N) is 3. The van der Waals surface area contributed by atoms with Crippen LogP contribution in [0.4, 0.5) is 20.9 Å². The van der Waals surface area contributed by atoms with Crippen LogP contribution in [0.3, 0.4) is 0 Å². The molecule has 0 fully saturated rings. The summed E-state index contributed by atoms with van der Waals surface area (Å²) in [5, 5.41) is 20.7. The van der Waals surface area contributed by atoms with E-state index in [1.54, 1.807) is 85.1 Å². The van der Waals surface area contributed by atoms with Gasteiger partial charge in [-0.05, 0) is 55.5 Å². The minimum atomic E-state index is -0.654. The highest BCUT2D eigenvalue weighted by atomic mass is 32.2. The van der Waals surface area contributed by atoms with Crippen LogP contribution in [0.15, 0.2) is 119 Å². The predicted octanol–water partition coefficient (Wildman–Crippen LogP) is 7.39. The van der Waals surface area contributed by atoms with Gasteiger partial charge in [-0.1, -0.05) is 48.5 Å². The van der Waals surface area contributed by atoms with Gasteiger partial charge in [0.25, 0.3) is 17.5 Å². The topological polar surface area (TPSA) is 143 Å². The number of thioether (sulfide) groups is 1. The average Bonchev–Trinajstić information content (AvgIpc) is 3.55. The number of carbonyl (C=O) groups excluding carboxylic acids is 3. The van der Waals surface area contributed by atoms with E-state index in [9.17, 15) is 28.9 Å². The molecule has 0 radical (unpaired) electrons. The first-order valence-electron chi connectivity index (χ1n) is 14.1. The molecule has 47 heavy (non-hydrogen) atoms. The van der Waals surface area contributed by atoms with Crippen LogP contribution in [-0.4, -0.2) is 32.9 Å². The lowest BCUT2D eigenvalue weighted by atomic mass is 10.1. The zero-order chi connectivity index (χ0) is 33.3. The van der Waals surface area contributed by atoms with E-state index in [-0.39, 0.29) is 22.9 Å². The normalized spacial score (nSPS) is 11.7. The maximum Gasteiger partial charge on any atom is 0.272 e. The second kappa shape index (κ2) is 15.1. The quantitative estimate of drug-likeness (QED) is 0.0577. The zero-order valence-corrected chi connectivity index (χ0v) is 26.3. The number of anilines is 2. The number of aromatic nitrogens is 1. The molecule has 0 aliphatic carbocycles. The van der Waals surface area contributed by atoms with E-state index >= 15 is 0 Å². The summed E-state index contributed by atoms with van der Waals surface area (Å²) in [6.07, 6.45) is 1.27. The van der Waals surface area contributed by atoms with Crippen LogP contribution < -0.4 is 16.0 Å². The number of nitro groups is 1. The van der Waals surface area contributed by atoms with E-state index in [0.29, 0.717) is 27.6 Å². The smallest absolute Gasteiger partial charge is 0.272 e. The molecule has 10 nitrogen and oxygen atoms in total. The molecule has 1 heterocycles. The predicted molar refractivity (Wildman–Crippen MR) is 182 cm³/mol. The minimum Gasteiger partial charge on any atom is -0.321 e. The third-order valence-corrected chi connectivity index (χ3v) is 8.48. The van der Waals surface area contributed by atoms with Crippen LogP contribution >= 0.6 is 23.1 Å². The average molecular weight is 668 g/mol. The monoisotopic (exact) mass is 667 g/mol. The summed E-state index contributed by atoms with van der Waals surface area (Å²) in [6, 6.07) is 27.1. The largest absolute Gasteiger partial charge is 0.321 e. The summed E-state index contributed by atoms with van der Waals surface area (Å²) in [5.41, 5.74) is 1.76. The van der Waals surface area contributed by atoms with Gasteiger partial charge < -0.3 is 16.0 Å². The molecule has 5 rings (SSSR count). The number of carbonyl (C=O) groups is 3. The highest BCUT2D eigenvalue weighted by Crippen LogP contribution is 2.29. The van der Waals surface area contributed by atoms with Crippen molar-refractivity contribution in [3.05, 3.63) is 141 Å². The fraction of sp³-hybridized carbons (Fsp3) is 0.0588. The summed E-state index contributed by atoms with van der Waals surface area (Å²) in [4.78, 5) is 54.7. The van der Waals surface area contributed by atoms with Crippen LogP contribution in [0, 0.1) is 15.9 Å². The molecule has 3 amide bonds. The van der Waals surface area contributed by atoms with Crippen LogP contribution in [0.5, 0.6) is 0 Å². The fourth-order valence-electron chi connectivity index (χ4n) is 4.21. The Morgan fingerprint density at radius 2 is 1.66 bits per heavy atom. The minimum absolute atomic E-state index is 0.0500. The van der Waals surface area contributed by atoms with E-state index in [1.807, 2.05) is 0 Å². The lowest BCUT2D eigenvalue weighted by Crippen LogP contribution is -2.30. The molecule has 0 saturated carbocycles. The van der Waals surface area contributed by atoms with Crippen molar-refractivity contribution in [1.82, 2.24) is 10.3 Å². The molecular formula is C34H26FN5O5S2. The number of hydrogen-bond acceptors (Lipinski definition) is 8. The lowest BCUT2D eigenvalue weighted by Gasteiger charge is -2.13. The highest BCUT2D eigenvalue weighted by Gasteiger charge is 2.19. The Morgan fingerprint density at radius 3 is 2.38 bits per heavy atom. The Labute approximate surface area is 276 Å². The third-order valence-electron chi connectivity index (χ3n) is 6.62. The Bertz CT molecular complexity index is 1970. The first-order chi connectivity index (χ1) is 22.7. The van der Waals surface area contributed by atoms with Crippen LogP contribution in [0.1, 0.15) is 22.8 Å². The molecule has 5 aromatic rings. The van der Waals surface area contributed by atoms with Crippen LogP contribution in [-0.2, 0) is 9.59 Å². The van der Waals surface area contributed by atoms with Gasteiger partial charge in [-0.3, -0.25) is 24.5 Å². The number of non-ortho nitro benzene ring substituents is 1. The molecular weight excluding hydrogens is 642 g/mol.